The van der Waals surface area contributed by atoms with Crippen molar-refractivity contribution in [1.82, 2.24) is 24.9 Å². The van der Waals surface area contributed by atoms with Gasteiger partial charge in [-0.25, -0.2) is 13.1 Å². The molecular weight excluding hydrogens is 298 g/mol. The summed E-state index contributed by atoms with van der Waals surface area (Å²) in [5, 5.41) is 19.7. The number of hydrogen-bond acceptors (Lipinski definition) is 6. The molecular formula is C11H13N5O4S. The van der Waals surface area contributed by atoms with E-state index in [1.165, 1.54) is 29.8 Å². The highest BCUT2D eigenvalue weighted by molar-refractivity contribution is 7.89. The number of aromatic nitrogens is 4. The number of carboxylic acids is 1. The van der Waals surface area contributed by atoms with E-state index >= 15 is 0 Å². The Bertz CT molecular complexity index is 770. The van der Waals surface area contributed by atoms with Gasteiger partial charge < -0.3 is 5.11 Å². The fourth-order valence-electron chi connectivity index (χ4n) is 1.63. The lowest BCUT2D eigenvalue weighted by Crippen LogP contribution is -2.38. The lowest BCUT2D eigenvalue weighted by Gasteiger charge is -2.10. The molecule has 0 aliphatic carbocycles. The van der Waals surface area contributed by atoms with Crippen molar-refractivity contribution < 1.29 is 18.3 Å². The van der Waals surface area contributed by atoms with Crippen LogP contribution in [-0.2, 0) is 21.9 Å². The van der Waals surface area contributed by atoms with Gasteiger partial charge in [-0.2, -0.15) is 4.72 Å². The molecule has 2 aromatic rings. The smallest absolute Gasteiger partial charge is 0.321 e. The molecule has 21 heavy (non-hydrogen) atoms. The number of hydrogen-bond donors (Lipinski definition) is 2. The number of nitrogens with zero attached hydrogens (tertiary/aromatic N) is 4. The van der Waals surface area contributed by atoms with Crippen LogP contribution < -0.4 is 4.72 Å². The molecule has 2 N–H and O–H groups in total. The van der Waals surface area contributed by atoms with Crippen LogP contribution in [0.25, 0.3) is 11.4 Å². The first kappa shape index (κ1) is 15.1. The Morgan fingerprint density at radius 2 is 2.14 bits per heavy atom. The van der Waals surface area contributed by atoms with Crippen molar-refractivity contribution in [3.8, 4) is 11.4 Å². The van der Waals surface area contributed by atoms with Gasteiger partial charge in [-0.3, -0.25) is 4.79 Å². The van der Waals surface area contributed by atoms with Gasteiger partial charge in [0.1, 0.15) is 6.04 Å². The molecule has 0 amide bonds. The van der Waals surface area contributed by atoms with Gasteiger partial charge in [-0.15, -0.1) is 5.10 Å². The first-order valence-electron chi connectivity index (χ1n) is 5.89. The number of rotatable bonds is 5. The summed E-state index contributed by atoms with van der Waals surface area (Å²) in [6, 6.07) is 4.71. The summed E-state index contributed by atoms with van der Waals surface area (Å²) in [6.07, 6.45) is 0. The second-order valence-electron chi connectivity index (χ2n) is 4.34. The molecule has 1 aromatic carbocycles. The van der Waals surface area contributed by atoms with E-state index < -0.39 is 22.0 Å². The lowest BCUT2D eigenvalue weighted by atomic mass is 10.2. The maximum Gasteiger partial charge on any atom is 0.321 e. The van der Waals surface area contributed by atoms with Crippen molar-refractivity contribution >= 4 is 16.0 Å². The van der Waals surface area contributed by atoms with E-state index in [-0.39, 0.29) is 4.90 Å². The highest BCUT2D eigenvalue weighted by Crippen LogP contribution is 2.19. The summed E-state index contributed by atoms with van der Waals surface area (Å²) >= 11 is 0. The standard InChI is InChI=1S/C11H13N5O4S/c1-7(11(17)18)13-21(19,20)9-5-3-4-8(6-9)10-12-14-15-16(10)2/h3-7,13H,1-2H3,(H,17,18). The van der Waals surface area contributed by atoms with Crippen molar-refractivity contribution in [2.75, 3.05) is 0 Å². The highest BCUT2D eigenvalue weighted by Gasteiger charge is 2.22. The Morgan fingerprint density at radius 1 is 1.43 bits per heavy atom. The number of nitrogens with one attached hydrogen (secondary N) is 1. The minimum absolute atomic E-state index is 0.0592. The van der Waals surface area contributed by atoms with Crippen molar-refractivity contribution in [3.63, 3.8) is 0 Å². The van der Waals surface area contributed by atoms with Gasteiger partial charge in [0.05, 0.1) is 4.90 Å². The molecule has 1 heterocycles. The maximum atomic E-state index is 12.1. The zero-order chi connectivity index (χ0) is 15.6. The van der Waals surface area contributed by atoms with Crippen LogP contribution >= 0.6 is 0 Å². The van der Waals surface area contributed by atoms with Gasteiger partial charge in [0.25, 0.3) is 0 Å². The summed E-state index contributed by atoms with van der Waals surface area (Å²) in [4.78, 5) is 10.7. The first-order chi connectivity index (χ1) is 9.81. The van der Waals surface area contributed by atoms with Crippen molar-refractivity contribution in [2.24, 2.45) is 7.05 Å². The normalized spacial score (nSPS) is 13.0. The van der Waals surface area contributed by atoms with Crippen LogP contribution in [0.1, 0.15) is 6.92 Å². The topological polar surface area (TPSA) is 127 Å². The molecule has 0 bridgehead atoms. The molecule has 1 atom stereocenters. The Balaban J connectivity index is 2.37. The number of aliphatic carboxylic acids is 1. The van der Waals surface area contributed by atoms with E-state index in [9.17, 15) is 13.2 Å². The highest BCUT2D eigenvalue weighted by atomic mass is 32.2. The molecule has 112 valence electrons. The average Bonchev–Trinajstić information content (AvgIpc) is 2.84. The van der Waals surface area contributed by atoms with E-state index in [0.717, 1.165) is 0 Å². The van der Waals surface area contributed by atoms with Crippen molar-refractivity contribution in [3.05, 3.63) is 24.3 Å². The van der Waals surface area contributed by atoms with E-state index in [2.05, 4.69) is 20.2 Å². The average molecular weight is 311 g/mol. The van der Waals surface area contributed by atoms with Crippen molar-refractivity contribution in [2.45, 2.75) is 17.9 Å². The Hall–Kier alpha value is -2.33. The van der Waals surface area contributed by atoms with Crippen LogP contribution in [0.5, 0.6) is 0 Å². The van der Waals surface area contributed by atoms with E-state index in [0.29, 0.717) is 11.4 Å². The predicted octanol–water partition coefficient (Wildman–Crippen LogP) is -0.372. The van der Waals surface area contributed by atoms with E-state index in [4.69, 9.17) is 5.11 Å². The molecule has 0 spiro atoms. The number of carboxylic acid groups (broad SMARTS) is 1. The fourth-order valence-corrected chi connectivity index (χ4v) is 2.87. The molecule has 2 rings (SSSR count). The van der Waals surface area contributed by atoms with Gasteiger partial charge >= 0.3 is 5.97 Å². The monoisotopic (exact) mass is 311 g/mol. The molecule has 0 radical (unpaired) electrons. The van der Waals surface area contributed by atoms with Gasteiger partial charge in [-0.1, -0.05) is 12.1 Å². The van der Waals surface area contributed by atoms with E-state index in [1.54, 1.807) is 13.1 Å². The maximum absolute atomic E-state index is 12.1. The van der Waals surface area contributed by atoms with Crippen LogP contribution in [0.3, 0.4) is 0 Å². The third-order valence-corrected chi connectivity index (χ3v) is 4.26. The Morgan fingerprint density at radius 3 is 2.71 bits per heavy atom. The number of aryl methyl sites for hydroxylation is 1. The second-order valence-corrected chi connectivity index (χ2v) is 6.05. The minimum Gasteiger partial charge on any atom is -0.480 e. The zero-order valence-corrected chi connectivity index (χ0v) is 12.1. The zero-order valence-electron chi connectivity index (χ0n) is 11.3. The summed E-state index contributed by atoms with van der Waals surface area (Å²) in [5.74, 6) is -0.856. The molecule has 0 fully saturated rings. The SMILES string of the molecule is CC(NS(=O)(=O)c1cccc(-c2nnnn2C)c1)C(=O)O. The Kier molecular flexibility index (Phi) is 4.00. The minimum atomic E-state index is -3.94. The van der Waals surface area contributed by atoms with Crippen LogP contribution in [0.2, 0.25) is 0 Å². The number of tetrazole rings is 1. The van der Waals surface area contributed by atoms with E-state index in [1.807, 2.05) is 0 Å². The number of benzene rings is 1. The Labute approximate surface area is 120 Å². The van der Waals surface area contributed by atoms with Crippen LogP contribution in [-0.4, -0.2) is 45.7 Å². The fraction of sp³-hybridized carbons (Fsp3) is 0.273. The van der Waals surface area contributed by atoms with Gasteiger partial charge in [0.2, 0.25) is 10.0 Å². The van der Waals surface area contributed by atoms with Gasteiger partial charge in [0, 0.05) is 12.6 Å². The first-order valence-corrected chi connectivity index (χ1v) is 7.37. The van der Waals surface area contributed by atoms with Gasteiger partial charge in [-0.05, 0) is 29.5 Å². The van der Waals surface area contributed by atoms with Crippen LogP contribution in [0, 0.1) is 0 Å². The third kappa shape index (κ3) is 3.23. The summed E-state index contributed by atoms with van der Waals surface area (Å²) < 4.78 is 27.7. The molecule has 1 aromatic heterocycles. The summed E-state index contributed by atoms with van der Waals surface area (Å²) in [5.41, 5.74) is 0.508. The molecule has 0 aliphatic rings. The molecule has 9 nitrogen and oxygen atoms in total. The third-order valence-electron chi connectivity index (χ3n) is 2.73. The van der Waals surface area contributed by atoms with Crippen LogP contribution in [0.4, 0.5) is 0 Å². The number of carbonyl (C=O) groups is 1. The second kappa shape index (κ2) is 5.58. The molecule has 10 heteroatoms. The quantitative estimate of drug-likeness (QED) is 0.771. The predicted molar refractivity (Wildman–Crippen MR) is 71.7 cm³/mol. The van der Waals surface area contributed by atoms with Crippen LogP contribution in [0.15, 0.2) is 29.2 Å². The lowest BCUT2D eigenvalue weighted by molar-refractivity contribution is -0.138. The number of sulfonamides is 1. The molecule has 0 saturated heterocycles. The molecule has 0 aliphatic heterocycles. The molecule has 0 saturated carbocycles. The summed E-state index contributed by atoms with van der Waals surface area (Å²) in [6.45, 7) is 1.25. The van der Waals surface area contributed by atoms with Gasteiger partial charge in [0.15, 0.2) is 5.82 Å². The molecule has 1 unspecified atom stereocenters. The largest absolute Gasteiger partial charge is 0.480 e. The van der Waals surface area contributed by atoms with Crippen molar-refractivity contribution in [1.29, 1.82) is 0 Å². The summed E-state index contributed by atoms with van der Waals surface area (Å²) in [7, 11) is -2.31.